The Morgan fingerprint density at radius 1 is 1.39 bits per heavy atom. The molecule has 100 valence electrons. The van der Waals surface area contributed by atoms with Gasteiger partial charge < -0.3 is 15.4 Å². The second-order valence-electron chi connectivity index (χ2n) is 4.97. The number of rotatable bonds is 4. The predicted octanol–water partition coefficient (Wildman–Crippen LogP) is 2.66. The van der Waals surface area contributed by atoms with Gasteiger partial charge in [0.05, 0.1) is 5.69 Å². The van der Waals surface area contributed by atoms with Gasteiger partial charge in [0.25, 0.3) is 0 Å². The Labute approximate surface area is 108 Å². The van der Waals surface area contributed by atoms with Crippen LogP contribution in [0.4, 0.5) is 15.8 Å². The number of ether oxygens (including phenoxy) is 1. The van der Waals surface area contributed by atoms with Crippen LogP contribution >= 0.6 is 0 Å². The Bertz CT molecular complexity index is 391. The summed E-state index contributed by atoms with van der Waals surface area (Å²) in [5.41, 5.74) is 6.56. The van der Waals surface area contributed by atoms with Gasteiger partial charge >= 0.3 is 0 Å². The topological polar surface area (TPSA) is 38.5 Å². The van der Waals surface area contributed by atoms with Gasteiger partial charge in [-0.3, -0.25) is 0 Å². The van der Waals surface area contributed by atoms with Crippen LogP contribution in [-0.2, 0) is 4.74 Å². The monoisotopic (exact) mass is 252 g/mol. The number of nitrogens with zero attached hydrogens (tertiary/aromatic N) is 1. The van der Waals surface area contributed by atoms with Crippen molar-refractivity contribution in [2.24, 2.45) is 5.92 Å². The molecule has 3 nitrogen and oxygen atoms in total. The van der Waals surface area contributed by atoms with Gasteiger partial charge in [-0.2, -0.15) is 0 Å². The molecule has 1 saturated heterocycles. The van der Waals surface area contributed by atoms with Gasteiger partial charge in [-0.25, -0.2) is 4.39 Å². The number of hydrogen-bond acceptors (Lipinski definition) is 3. The minimum atomic E-state index is -0.342. The van der Waals surface area contributed by atoms with Gasteiger partial charge in [0.1, 0.15) is 5.82 Å². The molecule has 1 aromatic carbocycles. The maximum absolute atomic E-state index is 13.4. The molecule has 1 aliphatic rings. The molecule has 0 atom stereocenters. The maximum Gasteiger partial charge on any atom is 0.148 e. The molecule has 0 amide bonds. The van der Waals surface area contributed by atoms with E-state index in [-0.39, 0.29) is 11.5 Å². The molecule has 1 heterocycles. The fraction of sp³-hybridized carbons (Fsp3) is 0.571. The second kappa shape index (κ2) is 6.05. The highest BCUT2D eigenvalue weighted by Crippen LogP contribution is 2.22. The van der Waals surface area contributed by atoms with E-state index in [2.05, 4.69) is 4.90 Å². The molecule has 18 heavy (non-hydrogen) atoms. The van der Waals surface area contributed by atoms with Gasteiger partial charge in [-0.1, -0.05) is 0 Å². The average molecular weight is 252 g/mol. The molecule has 0 saturated carbocycles. The number of anilines is 2. The highest BCUT2D eigenvalue weighted by atomic mass is 19.1. The van der Waals surface area contributed by atoms with Gasteiger partial charge in [-0.15, -0.1) is 0 Å². The standard InChI is InChI=1S/C14H21FN2O/c1-17(7-4-11-5-8-18-9-6-11)12-2-3-14(16)13(15)10-12/h2-3,10-11H,4-9,16H2,1H3. The van der Waals surface area contributed by atoms with Crippen LogP contribution in [0, 0.1) is 11.7 Å². The number of hydrogen-bond donors (Lipinski definition) is 1. The first-order valence-corrected chi connectivity index (χ1v) is 6.50. The lowest BCUT2D eigenvalue weighted by Gasteiger charge is -2.26. The Morgan fingerprint density at radius 3 is 2.78 bits per heavy atom. The van der Waals surface area contributed by atoms with Crippen molar-refractivity contribution in [2.45, 2.75) is 19.3 Å². The average Bonchev–Trinajstić information content (AvgIpc) is 2.40. The maximum atomic E-state index is 13.4. The van der Waals surface area contributed by atoms with Gasteiger partial charge in [0.2, 0.25) is 0 Å². The number of nitrogens with two attached hydrogens (primary N) is 1. The smallest absolute Gasteiger partial charge is 0.148 e. The van der Waals surface area contributed by atoms with Crippen molar-refractivity contribution in [2.75, 3.05) is 37.4 Å². The molecule has 0 unspecified atom stereocenters. The van der Waals surface area contributed by atoms with E-state index in [1.165, 1.54) is 6.07 Å². The van der Waals surface area contributed by atoms with Crippen LogP contribution in [0.25, 0.3) is 0 Å². The fourth-order valence-corrected chi connectivity index (χ4v) is 2.29. The Hall–Kier alpha value is -1.29. The fourth-order valence-electron chi connectivity index (χ4n) is 2.29. The van der Waals surface area contributed by atoms with E-state index < -0.39 is 0 Å². The van der Waals surface area contributed by atoms with Crippen LogP contribution in [0.2, 0.25) is 0 Å². The predicted molar refractivity (Wildman–Crippen MR) is 72.2 cm³/mol. The molecule has 2 N–H and O–H groups in total. The van der Waals surface area contributed by atoms with Crippen LogP contribution in [0.15, 0.2) is 18.2 Å². The number of benzene rings is 1. The lowest BCUT2D eigenvalue weighted by molar-refractivity contribution is 0.0645. The molecular weight excluding hydrogens is 231 g/mol. The quantitative estimate of drug-likeness (QED) is 0.837. The van der Waals surface area contributed by atoms with E-state index in [0.29, 0.717) is 0 Å². The first-order chi connectivity index (χ1) is 8.66. The lowest BCUT2D eigenvalue weighted by atomic mass is 9.96. The van der Waals surface area contributed by atoms with Crippen molar-refractivity contribution in [1.82, 2.24) is 0 Å². The first-order valence-electron chi connectivity index (χ1n) is 6.50. The van der Waals surface area contributed by atoms with Crippen molar-refractivity contribution >= 4 is 11.4 Å². The number of nitrogen functional groups attached to an aromatic ring is 1. The SMILES string of the molecule is CN(CCC1CCOCC1)c1ccc(N)c(F)c1. The number of halogens is 1. The van der Waals surface area contributed by atoms with Crippen LogP contribution in [0.5, 0.6) is 0 Å². The third-order valence-corrected chi connectivity index (χ3v) is 3.64. The van der Waals surface area contributed by atoms with Crippen molar-refractivity contribution < 1.29 is 9.13 Å². The highest BCUT2D eigenvalue weighted by Gasteiger charge is 2.14. The summed E-state index contributed by atoms with van der Waals surface area (Å²) in [4.78, 5) is 2.08. The van der Waals surface area contributed by atoms with Crippen molar-refractivity contribution in [3.63, 3.8) is 0 Å². The second-order valence-corrected chi connectivity index (χ2v) is 4.97. The van der Waals surface area contributed by atoms with Crippen LogP contribution < -0.4 is 10.6 Å². The van der Waals surface area contributed by atoms with E-state index >= 15 is 0 Å². The van der Waals surface area contributed by atoms with Gasteiger partial charge in [0, 0.05) is 32.5 Å². The summed E-state index contributed by atoms with van der Waals surface area (Å²) >= 11 is 0. The minimum Gasteiger partial charge on any atom is -0.396 e. The molecular formula is C14H21FN2O. The summed E-state index contributed by atoms with van der Waals surface area (Å²) in [7, 11) is 1.99. The molecule has 1 aromatic rings. The van der Waals surface area contributed by atoms with Crippen molar-refractivity contribution in [3.05, 3.63) is 24.0 Å². The van der Waals surface area contributed by atoms with E-state index in [1.807, 2.05) is 13.1 Å². The first kappa shape index (κ1) is 13.1. The third kappa shape index (κ3) is 3.35. The molecule has 0 spiro atoms. The van der Waals surface area contributed by atoms with Crippen LogP contribution in [-0.4, -0.2) is 26.8 Å². The molecule has 0 aliphatic carbocycles. The Kier molecular flexibility index (Phi) is 4.42. The van der Waals surface area contributed by atoms with Crippen LogP contribution in [0.3, 0.4) is 0 Å². The summed E-state index contributed by atoms with van der Waals surface area (Å²) < 4.78 is 18.7. The van der Waals surface area contributed by atoms with Gasteiger partial charge in [0.15, 0.2) is 0 Å². The summed E-state index contributed by atoms with van der Waals surface area (Å²) in [6, 6.07) is 4.98. The van der Waals surface area contributed by atoms with E-state index in [4.69, 9.17) is 10.5 Å². The molecule has 0 radical (unpaired) electrons. The molecule has 2 rings (SSSR count). The molecule has 0 aromatic heterocycles. The minimum absolute atomic E-state index is 0.205. The molecule has 0 bridgehead atoms. The Morgan fingerprint density at radius 2 is 2.11 bits per heavy atom. The summed E-state index contributed by atoms with van der Waals surface area (Å²) in [6.07, 6.45) is 3.42. The van der Waals surface area contributed by atoms with Crippen molar-refractivity contribution in [3.8, 4) is 0 Å². The molecule has 1 aliphatic heterocycles. The normalized spacial score (nSPS) is 16.8. The Balaban J connectivity index is 1.86. The highest BCUT2D eigenvalue weighted by molar-refractivity contribution is 5.53. The zero-order valence-electron chi connectivity index (χ0n) is 10.9. The van der Waals surface area contributed by atoms with Gasteiger partial charge in [-0.05, 0) is 43.4 Å². The molecule has 4 heteroatoms. The van der Waals surface area contributed by atoms with E-state index in [1.54, 1.807) is 6.07 Å². The summed E-state index contributed by atoms with van der Waals surface area (Å²) in [5.74, 6) is 0.394. The zero-order valence-corrected chi connectivity index (χ0v) is 10.9. The lowest BCUT2D eigenvalue weighted by Crippen LogP contribution is -2.24. The molecule has 1 fully saturated rings. The third-order valence-electron chi connectivity index (χ3n) is 3.64. The van der Waals surface area contributed by atoms with E-state index in [9.17, 15) is 4.39 Å². The van der Waals surface area contributed by atoms with Crippen molar-refractivity contribution in [1.29, 1.82) is 0 Å². The summed E-state index contributed by atoms with van der Waals surface area (Å²) in [5, 5.41) is 0. The van der Waals surface area contributed by atoms with Crippen LogP contribution in [0.1, 0.15) is 19.3 Å². The summed E-state index contributed by atoms with van der Waals surface area (Å²) in [6.45, 7) is 2.70. The van der Waals surface area contributed by atoms with E-state index in [0.717, 1.165) is 50.6 Å². The largest absolute Gasteiger partial charge is 0.396 e. The zero-order chi connectivity index (χ0) is 13.0.